The highest BCUT2D eigenvalue weighted by Gasteiger charge is 2.60. The topological polar surface area (TPSA) is 115 Å². The van der Waals surface area contributed by atoms with Crippen molar-refractivity contribution in [2.45, 2.75) is 125 Å². The van der Waals surface area contributed by atoms with Crippen molar-refractivity contribution in [1.29, 1.82) is 0 Å². The van der Waals surface area contributed by atoms with Crippen LogP contribution in [0.25, 0.3) is 0 Å². The lowest BCUT2D eigenvalue weighted by Gasteiger charge is -2.61. The molecule has 7 heteroatoms. The van der Waals surface area contributed by atoms with Crippen molar-refractivity contribution in [3.05, 3.63) is 33.9 Å². The average molecular weight is 596 g/mol. The zero-order valence-corrected chi connectivity index (χ0v) is 27.6. The number of hydrogen-bond acceptors (Lipinski definition) is 4. The molecule has 8 atom stereocenters. The first kappa shape index (κ1) is 33.5. The number of carbonyl (C=O) groups excluding carboxylic acids is 2. The first-order chi connectivity index (χ1) is 20.3. The second kappa shape index (κ2) is 13.7. The van der Waals surface area contributed by atoms with Gasteiger partial charge in [0.05, 0.1) is 16.2 Å². The molecule has 4 saturated carbocycles. The summed E-state index contributed by atoms with van der Waals surface area (Å²) < 4.78 is 0. The number of nitrogens with zero attached hydrogens (tertiary/aromatic N) is 1. The standard InChI is InChI=1S/C27H48.C9H9N3O4/c1-19(2)9-8-10-20(3)23-14-15-24-22-13-12-21-11-6-7-17-26(21,4)25(22)16-18-27(23,24)5;1-5(13)11-8-4-6(12(15)16)2-3-7(8)9(10)14/h19-25H,6-18H2,1-5H3;2-4H,1H3,(H2,10,14)(H,11,13)/t20-,21?,22+,23-,24+,25+,26+,27-;/m1./s1. The number of benzene rings is 1. The Morgan fingerprint density at radius 3 is 2.35 bits per heavy atom. The summed E-state index contributed by atoms with van der Waals surface area (Å²) in [6.07, 6.45) is 19.9. The van der Waals surface area contributed by atoms with E-state index in [9.17, 15) is 19.7 Å². The first-order valence-electron chi connectivity index (χ1n) is 17.1. The van der Waals surface area contributed by atoms with Crippen LogP contribution in [0.3, 0.4) is 0 Å². The summed E-state index contributed by atoms with van der Waals surface area (Å²) in [7, 11) is 0. The van der Waals surface area contributed by atoms with Crippen LogP contribution in [0.5, 0.6) is 0 Å². The summed E-state index contributed by atoms with van der Waals surface area (Å²) in [6.45, 7) is 14.1. The van der Waals surface area contributed by atoms with Gasteiger partial charge in [-0.3, -0.25) is 19.7 Å². The molecule has 7 nitrogen and oxygen atoms in total. The van der Waals surface area contributed by atoms with Crippen molar-refractivity contribution in [3.63, 3.8) is 0 Å². The van der Waals surface area contributed by atoms with Crippen LogP contribution in [0.4, 0.5) is 11.4 Å². The second-order valence-corrected chi connectivity index (χ2v) is 15.5. The van der Waals surface area contributed by atoms with E-state index in [0.717, 1.165) is 53.6 Å². The second-order valence-electron chi connectivity index (χ2n) is 15.5. The van der Waals surface area contributed by atoms with E-state index in [2.05, 4.69) is 39.9 Å². The Morgan fingerprint density at radius 1 is 0.977 bits per heavy atom. The van der Waals surface area contributed by atoms with Gasteiger partial charge in [-0.05, 0) is 110 Å². The minimum atomic E-state index is -0.765. The molecule has 3 N–H and O–H groups in total. The number of non-ortho nitro benzene ring substituents is 1. The van der Waals surface area contributed by atoms with Crippen LogP contribution in [0.1, 0.15) is 135 Å². The lowest BCUT2D eigenvalue weighted by molar-refractivity contribution is -0.384. The number of nitrogens with one attached hydrogen (secondary N) is 1. The van der Waals surface area contributed by atoms with E-state index in [1.54, 1.807) is 51.4 Å². The molecule has 0 saturated heterocycles. The summed E-state index contributed by atoms with van der Waals surface area (Å²) in [4.78, 5) is 31.7. The molecule has 4 aliphatic rings. The third-order valence-corrected chi connectivity index (χ3v) is 12.6. The summed E-state index contributed by atoms with van der Waals surface area (Å²) in [5, 5.41) is 12.8. The number of anilines is 1. The van der Waals surface area contributed by atoms with Gasteiger partial charge in [0.15, 0.2) is 0 Å². The number of nitro benzene ring substituents is 1. The van der Waals surface area contributed by atoms with E-state index >= 15 is 0 Å². The molecule has 0 heterocycles. The Hall–Kier alpha value is -2.44. The molecular formula is C36H57N3O4. The summed E-state index contributed by atoms with van der Waals surface area (Å²) in [5.41, 5.74) is 6.28. The van der Waals surface area contributed by atoms with Crippen LogP contribution in [0.15, 0.2) is 18.2 Å². The van der Waals surface area contributed by atoms with E-state index in [0.29, 0.717) is 10.8 Å². The van der Waals surface area contributed by atoms with E-state index in [1.165, 1.54) is 45.1 Å². The Labute approximate surface area is 259 Å². The van der Waals surface area contributed by atoms with Crippen LogP contribution < -0.4 is 11.1 Å². The van der Waals surface area contributed by atoms with Crippen LogP contribution in [-0.2, 0) is 4.79 Å². The molecule has 43 heavy (non-hydrogen) atoms. The highest BCUT2D eigenvalue weighted by Crippen LogP contribution is 2.68. The number of rotatable bonds is 8. The smallest absolute Gasteiger partial charge is 0.271 e. The predicted molar refractivity (Wildman–Crippen MR) is 174 cm³/mol. The van der Waals surface area contributed by atoms with Crippen LogP contribution in [0, 0.1) is 62.4 Å². The fourth-order valence-corrected chi connectivity index (χ4v) is 10.5. The average Bonchev–Trinajstić information content (AvgIpc) is 3.29. The van der Waals surface area contributed by atoms with Gasteiger partial charge < -0.3 is 11.1 Å². The van der Waals surface area contributed by atoms with Gasteiger partial charge in [-0.2, -0.15) is 0 Å². The minimum absolute atomic E-state index is 0.0285. The Balaban J connectivity index is 0.000000227. The molecular weight excluding hydrogens is 538 g/mol. The van der Waals surface area contributed by atoms with Crippen molar-refractivity contribution in [2.75, 3.05) is 5.32 Å². The van der Waals surface area contributed by atoms with Crippen molar-refractivity contribution in [1.82, 2.24) is 0 Å². The van der Waals surface area contributed by atoms with E-state index < -0.39 is 16.7 Å². The van der Waals surface area contributed by atoms with Gasteiger partial charge in [-0.1, -0.05) is 66.7 Å². The number of primary amides is 1. The molecule has 2 amide bonds. The third-order valence-electron chi connectivity index (χ3n) is 12.6. The minimum Gasteiger partial charge on any atom is -0.366 e. The first-order valence-corrected chi connectivity index (χ1v) is 17.1. The van der Waals surface area contributed by atoms with Gasteiger partial charge in [-0.15, -0.1) is 0 Å². The number of fused-ring (bicyclic) bond motifs is 5. The molecule has 1 unspecified atom stereocenters. The Kier molecular flexibility index (Phi) is 10.6. The fourth-order valence-electron chi connectivity index (χ4n) is 10.5. The predicted octanol–water partition coefficient (Wildman–Crippen LogP) is 9.15. The maximum absolute atomic E-state index is 11.0. The summed E-state index contributed by atoms with van der Waals surface area (Å²) in [6, 6.07) is 3.43. The van der Waals surface area contributed by atoms with Crippen molar-refractivity contribution < 1.29 is 14.5 Å². The Bertz CT molecular complexity index is 1170. The number of amides is 2. The van der Waals surface area contributed by atoms with E-state index in [1.807, 2.05) is 0 Å². The van der Waals surface area contributed by atoms with Crippen molar-refractivity contribution in [3.8, 4) is 0 Å². The van der Waals surface area contributed by atoms with Crippen LogP contribution >= 0.6 is 0 Å². The number of nitro groups is 1. The van der Waals surface area contributed by atoms with E-state index in [-0.39, 0.29) is 16.9 Å². The molecule has 0 spiro atoms. The molecule has 5 rings (SSSR count). The lowest BCUT2D eigenvalue weighted by Crippen LogP contribution is -2.53. The molecule has 1 aromatic carbocycles. The molecule has 4 aliphatic carbocycles. The molecule has 0 aromatic heterocycles. The zero-order valence-electron chi connectivity index (χ0n) is 27.6. The number of carbonyl (C=O) groups is 2. The van der Waals surface area contributed by atoms with Gasteiger partial charge in [0, 0.05) is 19.1 Å². The highest BCUT2D eigenvalue weighted by molar-refractivity contribution is 6.03. The number of hydrogen-bond donors (Lipinski definition) is 2. The maximum Gasteiger partial charge on any atom is 0.271 e. The third kappa shape index (κ3) is 7.12. The molecule has 0 bridgehead atoms. The van der Waals surface area contributed by atoms with Crippen LogP contribution in [-0.4, -0.2) is 16.7 Å². The molecule has 0 radical (unpaired) electrons. The van der Waals surface area contributed by atoms with Gasteiger partial charge >= 0.3 is 0 Å². The van der Waals surface area contributed by atoms with Crippen molar-refractivity contribution >= 4 is 23.2 Å². The lowest BCUT2D eigenvalue weighted by atomic mass is 9.44. The van der Waals surface area contributed by atoms with Crippen LogP contribution in [0.2, 0.25) is 0 Å². The highest BCUT2D eigenvalue weighted by atomic mass is 16.6. The molecule has 1 aromatic rings. The largest absolute Gasteiger partial charge is 0.366 e. The monoisotopic (exact) mass is 595 g/mol. The SMILES string of the molecule is CC(=O)Nc1cc([N+](=O)[O-])ccc1C(N)=O.CC(C)CCC[C@@H](C)[C@H]1CC[C@H]2[C@@H]3CCC4CCCC[C@]4(C)[C@H]3CC[C@]12C. The summed E-state index contributed by atoms with van der Waals surface area (Å²) in [5.74, 6) is 5.94. The molecule has 240 valence electrons. The van der Waals surface area contributed by atoms with Gasteiger partial charge in [0.2, 0.25) is 5.91 Å². The van der Waals surface area contributed by atoms with Crippen molar-refractivity contribution in [2.24, 2.45) is 58.0 Å². The quantitative estimate of drug-likeness (QED) is 0.230. The molecule has 4 fully saturated rings. The number of nitrogens with two attached hydrogens (primary N) is 1. The molecule has 0 aliphatic heterocycles. The fraction of sp³-hybridized carbons (Fsp3) is 0.778. The summed E-state index contributed by atoms with van der Waals surface area (Å²) >= 11 is 0. The zero-order chi connectivity index (χ0) is 31.5. The Morgan fingerprint density at radius 2 is 1.70 bits per heavy atom. The maximum atomic E-state index is 11.0. The van der Waals surface area contributed by atoms with Gasteiger partial charge in [0.25, 0.3) is 11.6 Å². The van der Waals surface area contributed by atoms with Gasteiger partial charge in [-0.25, -0.2) is 0 Å². The normalized spacial score (nSPS) is 33.7. The van der Waals surface area contributed by atoms with Gasteiger partial charge in [0.1, 0.15) is 0 Å². The van der Waals surface area contributed by atoms with E-state index in [4.69, 9.17) is 5.73 Å².